The maximum Gasteiger partial charge on any atom is 0.435 e. The molecule has 1 fully saturated rings. The molecule has 1 N–H and O–H groups in total. The molecule has 1 aliphatic rings. The number of furan rings is 1. The molecule has 0 radical (unpaired) electrons. The van der Waals surface area contributed by atoms with Crippen molar-refractivity contribution >= 4 is 17.5 Å². The molecule has 10 heteroatoms. The Morgan fingerprint density at radius 3 is 2.79 bits per heavy atom. The minimum atomic E-state index is -4.46. The van der Waals surface area contributed by atoms with Crippen LogP contribution in [-0.4, -0.2) is 22.2 Å². The Bertz CT molecular complexity index is 1120. The Morgan fingerprint density at radius 2 is 2.09 bits per heavy atom. The van der Waals surface area contributed by atoms with Crippen LogP contribution in [0.3, 0.4) is 0 Å². The molecule has 6 nitrogen and oxygen atoms in total. The van der Waals surface area contributed by atoms with Crippen LogP contribution in [0.4, 0.5) is 13.2 Å². The Labute approximate surface area is 193 Å². The molecule has 2 heterocycles. The number of ether oxygens (including phenoxy) is 1. The summed E-state index contributed by atoms with van der Waals surface area (Å²) < 4.78 is 51.6. The van der Waals surface area contributed by atoms with Gasteiger partial charge in [-0.05, 0) is 56.0 Å². The average Bonchev–Trinajstić information content (AvgIpc) is 3.31. The fraction of sp³-hybridized carbons (Fsp3) is 0.391. The van der Waals surface area contributed by atoms with Crippen molar-refractivity contribution in [2.24, 2.45) is 0 Å². The first-order chi connectivity index (χ1) is 15.7. The summed E-state index contributed by atoms with van der Waals surface area (Å²) in [6.45, 7) is 2.55. The van der Waals surface area contributed by atoms with Crippen molar-refractivity contribution in [2.75, 3.05) is 6.54 Å². The normalized spacial score (nSPS) is 13.8. The van der Waals surface area contributed by atoms with E-state index in [-0.39, 0.29) is 31.4 Å². The van der Waals surface area contributed by atoms with Gasteiger partial charge in [-0.15, -0.1) is 0 Å². The zero-order chi connectivity index (χ0) is 23.6. The van der Waals surface area contributed by atoms with Gasteiger partial charge in [0, 0.05) is 24.7 Å². The molecule has 176 valence electrons. The van der Waals surface area contributed by atoms with Gasteiger partial charge in [0.1, 0.15) is 18.1 Å². The molecule has 1 amide bonds. The van der Waals surface area contributed by atoms with Gasteiger partial charge in [0.25, 0.3) is 5.91 Å². The molecule has 0 aliphatic heterocycles. The second-order valence-electron chi connectivity index (χ2n) is 8.00. The molecule has 1 aromatic carbocycles. The van der Waals surface area contributed by atoms with Crippen LogP contribution >= 0.6 is 11.6 Å². The largest absolute Gasteiger partial charge is 0.484 e. The van der Waals surface area contributed by atoms with Crippen LogP contribution in [-0.2, 0) is 19.3 Å². The molecular weight excluding hydrogens is 459 g/mol. The van der Waals surface area contributed by atoms with Crippen molar-refractivity contribution in [3.05, 3.63) is 69.9 Å². The molecule has 0 saturated heterocycles. The summed E-state index contributed by atoms with van der Waals surface area (Å²) in [5.41, 5.74) is 0.625. The van der Waals surface area contributed by atoms with E-state index < -0.39 is 17.8 Å². The third kappa shape index (κ3) is 5.71. The number of aromatic nitrogens is 2. The maximum absolute atomic E-state index is 13.0. The number of amides is 1. The molecule has 33 heavy (non-hydrogen) atoms. The number of nitrogens with one attached hydrogen (secondary N) is 1. The van der Waals surface area contributed by atoms with E-state index in [1.807, 2.05) is 19.1 Å². The number of alkyl halides is 3. The summed E-state index contributed by atoms with van der Waals surface area (Å²) in [7, 11) is 0. The first-order valence-electron chi connectivity index (χ1n) is 10.6. The summed E-state index contributed by atoms with van der Waals surface area (Å²) >= 11 is 6.14. The van der Waals surface area contributed by atoms with E-state index in [1.54, 1.807) is 18.2 Å². The van der Waals surface area contributed by atoms with E-state index in [0.29, 0.717) is 28.6 Å². The molecule has 1 saturated carbocycles. The highest BCUT2D eigenvalue weighted by molar-refractivity contribution is 6.32. The lowest BCUT2D eigenvalue weighted by Gasteiger charge is -2.09. The van der Waals surface area contributed by atoms with Crippen molar-refractivity contribution in [1.82, 2.24) is 15.1 Å². The molecule has 0 spiro atoms. The molecule has 2 aromatic heterocycles. The molecule has 0 unspecified atom stereocenters. The standard InChI is InChI=1S/C23H23ClF3N3O3/c1-14-4-2-5-17(24)21(14)32-13-16-8-9-19(33-16)22(31)28-10-3-11-30-18(15-6-7-15)12-20(29-30)23(25,26)27/h2,4-5,8-9,12,15H,3,6-7,10-11,13H2,1H3,(H,28,31). The zero-order valence-electron chi connectivity index (χ0n) is 17.9. The van der Waals surface area contributed by atoms with Gasteiger partial charge in [0.2, 0.25) is 0 Å². The average molecular weight is 482 g/mol. The Balaban J connectivity index is 1.26. The Kier molecular flexibility index (Phi) is 6.69. The third-order valence-electron chi connectivity index (χ3n) is 5.34. The predicted octanol–water partition coefficient (Wildman–Crippen LogP) is 5.73. The second-order valence-corrected chi connectivity index (χ2v) is 8.41. The Hall–Kier alpha value is -2.94. The van der Waals surface area contributed by atoms with Crippen molar-refractivity contribution in [3.63, 3.8) is 0 Å². The van der Waals surface area contributed by atoms with Gasteiger partial charge in [-0.2, -0.15) is 18.3 Å². The van der Waals surface area contributed by atoms with E-state index in [0.717, 1.165) is 24.5 Å². The van der Waals surface area contributed by atoms with Crippen LogP contribution in [0.25, 0.3) is 0 Å². The number of aryl methyl sites for hydroxylation is 2. The number of hydrogen-bond donors (Lipinski definition) is 1. The molecular formula is C23H23ClF3N3O3. The number of carbonyl (C=O) groups is 1. The van der Waals surface area contributed by atoms with Crippen LogP contribution in [0.15, 0.2) is 40.8 Å². The Morgan fingerprint density at radius 1 is 1.30 bits per heavy atom. The number of rotatable bonds is 9. The van der Waals surface area contributed by atoms with Gasteiger partial charge in [-0.25, -0.2) is 0 Å². The van der Waals surface area contributed by atoms with Crippen molar-refractivity contribution in [2.45, 2.75) is 51.4 Å². The number of halogens is 4. The molecule has 4 rings (SSSR count). The lowest BCUT2D eigenvalue weighted by molar-refractivity contribution is -0.141. The van der Waals surface area contributed by atoms with Crippen LogP contribution in [0.1, 0.15) is 58.4 Å². The van der Waals surface area contributed by atoms with E-state index >= 15 is 0 Å². The fourth-order valence-corrected chi connectivity index (χ4v) is 3.77. The second kappa shape index (κ2) is 9.51. The van der Waals surface area contributed by atoms with Gasteiger partial charge in [0.15, 0.2) is 11.5 Å². The lowest BCUT2D eigenvalue weighted by atomic mass is 10.2. The predicted molar refractivity (Wildman–Crippen MR) is 115 cm³/mol. The molecule has 3 aromatic rings. The quantitative estimate of drug-likeness (QED) is 0.396. The monoisotopic (exact) mass is 481 g/mol. The number of benzene rings is 1. The van der Waals surface area contributed by atoms with Crippen LogP contribution in [0.2, 0.25) is 5.02 Å². The van der Waals surface area contributed by atoms with E-state index in [9.17, 15) is 18.0 Å². The number of carbonyl (C=O) groups excluding carboxylic acids is 1. The molecule has 1 aliphatic carbocycles. The van der Waals surface area contributed by atoms with E-state index in [1.165, 1.54) is 4.68 Å². The summed E-state index contributed by atoms with van der Waals surface area (Å²) in [6, 6.07) is 9.75. The van der Waals surface area contributed by atoms with Crippen LogP contribution in [0, 0.1) is 6.92 Å². The van der Waals surface area contributed by atoms with Crippen molar-refractivity contribution in [3.8, 4) is 5.75 Å². The van der Waals surface area contributed by atoms with Crippen molar-refractivity contribution in [1.29, 1.82) is 0 Å². The van der Waals surface area contributed by atoms with Gasteiger partial charge >= 0.3 is 6.18 Å². The molecule has 0 bridgehead atoms. The molecule has 0 atom stereocenters. The van der Waals surface area contributed by atoms with Gasteiger partial charge in [0.05, 0.1) is 5.02 Å². The summed E-state index contributed by atoms with van der Waals surface area (Å²) in [6.07, 6.45) is -2.28. The van der Waals surface area contributed by atoms with E-state index in [2.05, 4.69) is 10.4 Å². The van der Waals surface area contributed by atoms with Crippen LogP contribution in [0.5, 0.6) is 5.75 Å². The topological polar surface area (TPSA) is 69.3 Å². The van der Waals surface area contributed by atoms with Gasteiger partial charge < -0.3 is 14.5 Å². The number of hydrogen-bond acceptors (Lipinski definition) is 4. The minimum absolute atomic E-state index is 0.114. The first-order valence-corrected chi connectivity index (χ1v) is 11.0. The highest BCUT2D eigenvalue weighted by Gasteiger charge is 2.37. The lowest BCUT2D eigenvalue weighted by Crippen LogP contribution is -2.25. The zero-order valence-corrected chi connectivity index (χ0v) is 18.7. The van der Waals surface area contributed by atoms with Gasteiger partial charge in [-0.1, -0.05) is 23.7 Å². The van der Waals surface area contributed by atoms with Crippen molar-refractivity contribution < 1.29 is 27.1 Å². The SMILES string of the molecule is Cc1cccc(Cl)c1OCc1ccc(C(=O)NCCCn2nc(C(F)(F)F)cc2C2CC2)o1. The first kappa shape index (κ1) is 23.2. The summed E-state index contributed by atoms with van der Waals surface area (Å²) in [4.78, 5) is 12.3. The smallest absolute Gasteiger partial charge is 0.435 e. The highest BCUT2D eigenvalue weighted by Crippen LogP contribution is 2.42. The van der Waals surface area contributed by atoms with Crippen LogP contribution < -0.4 is 10.1 Å². The highest BCUT2D eigenvalue weighted by atomic mass is 35.5. The number of nitrogens with zero attached hydrogens (tertiary/aromatic N) is 2. The third-order valence-corrected chi connectivity index (χ3v) is 5.64. The van der Waals surface area contributed by atoms with E-state index in [4.69, 9.17) is 20.8 Å². The number of para-hydroxylation sites is 1. The summed E-state index contributed by atoms with van der Waals surface area (Å²) in [5.74, 6) is 0.876. The van der Waals surface area contributed by atoms with Gasteiger partial charge in [-0.3, -0.25) is 9.48 Å². The minimum Gasteiger partial charge on any atom is -0.484 e. The summed E-state index contributed by atoms with van der Waals surface area (Å²) in [5, 5.41) is 6.92. The maximum atomic E-state index is 13.0. The fourth-order valence-electron chi connectivity index (χ4n) is 3.49.